The number of nitrogens with zero attached hydrogens (tertiary/aromatic N) is 2. The minimum Gasteiger partial charge on any atom is -0.352 e. The van der Waals surface area contributed by atoms with E-state index >= 15 is 0 Å². The molecular formula is C18H22BrFN6O2. The molecule has 28 heavy (non-hydrogen) atoms. The standard InChI is InChI=1S/C18H22BrFN6O2/c1-11-17(24-14-5-4-12(19)8-13(14)20)15(10-25(3)18(11)27)26-23-9-16(28-26)22-7-6-21-2/h4-5,8-10,21-24H,6-7H2,1-3H3. The summed E-state index contributed by atoms with van der Waals surface area (Å²) >= 11 is 3.24. The highest BCUT2D eigenvalue weighted by Gasteiger charge is 2.23. The van der Waals surface area contributed by atoms with Crippen molar-refractivity contribution >= 4 is 33.0 Å². The van der Waals surface area contributed by atoms with Crippen LogP contribution >= 0.6 is 15.9 Å². The molecule has 2 aromatic rings. The molecule has 0 saturated heterocycles. The third-order valence-electron chi connectivity index (χ3n) is 4.17. The quantitative estimate of drug-likeness (QED) is 0.479. The molecule has 150 valence electrons. The summed E-state index contributed by atoms with van der Waals surface area (Å²) in [4.78, 5) is 18.2. The fourth-order valence-electron chi connectivity index (χ4n) is 2.69. The van der Waals surface area contributed by atoms with Crippen LogP contribution in [0.5, 0.6) is 0 Å². The molecule has 1 aromatic heterocycles. The Labute approximate surface area is 170 Å². The molecule has 1 aromatic carbocycles. The Morgan fingerprint density at radius 1 is 1.32 bits per heavy atom. The molecule has 0 spiro atoms. The number of halogens is 2. The van der Waals surface area contributed by atoms with E-state index in [1.54, 1.807) is 38.5 Å². The first-order valence-electron chi connectivity index (χ1n) is 8.66. The monoisotopic (exact) mass is 452 g/mol. The van der Waals surface area contributed by atoms with Crippen LogP contribution in [0.2, 0.25) is 0 Å². The van der Waals surface area contributed by atoms with Gasteiger partial charge in [0, 0.05) is 36.4 Å². The zero-order chi connectivity index (χ0) is 20.3. The Bertz CT molecular complexity index is 962. The van der Waals surface area contributed by atoms with Gasteiger partial charge < -0.3 is 25.4 Å². The lowest BCUT2D eigenvalue weighted by Gasteiger charge is -2.23. The van der Waals surface area contributed by atoms with Gasteiger partial charge in [0.15, 0.2) is 0 Å². The van der Waals surface area contributed by atoms with Gasteiger partial charge in [-0.15, -0.1) is 5.17 Å². The summed E-state index contributed by atoms with van der Waals surface area (Å²) in [6.07, 6.45) is 3.28. The minimum atomic E-state index is -0.441. The molecule has 0 aliphatic carbocycles. The number of rotatable bonds is 7. The molecule has 2 heterocycles. The predicted molar refractivity (Wildman–Crippen MR) is 111 cm³/mol. The maximum absolute atomic E-state index is 14.3. The zero-order valence-corrected chi connectivity index (χ0v) is 17.4. The highest BCUT2D eigenvalue weighted by atomic mass is 79.9. The first kappa shape index (κ1) is 20.0. The Kier molecular flexibility index (Phi) is 6.10. The van der Waals surface area contributed by atoms with E-state index < -0.39 is 5.82 Å². The second-order valence-electron chi connectivity index (χ2n) is 6.23. The van der Waals surface area contributed by atoms with Gasteiger partial charge in [-0.05, 0) is 32.2 Å². The SMILES string of the molecule is CNCCNC1=CNN(c2cn(C)c(=O)c(C)c2Nc2ccc(Br)cc2F)O1. The van der Waals surface area contributed by atoms with Crippen molar-refractivity contribution < 1.29 is 9.23 Å². The first-order valence-corrected chi connectivity index (χ1v) is 9.45. The molecular weight excluding hydrogens is 431 g/mol. The first-order chi connectivity index (χ1) is 13.4. The average molecular weight is 453 g/mol. The van der Waals surface area contributed by atoms with Crippen LogP contribution in [0.4, 0.5) is 21.5 Å². The molecule has 0 atom stereocenters. The van der Waals surface area contributed by atoms with Crippen molar-refractivity contribution in [2.75, 3.05) is 30.6 Å². The van der Waals surface area contributed by atoms with Gasteiger partial charge in [-0.1, -0.05) is 15.9 Å². The van der Waals surface area contributed by atoms with E-state index in [2.05, 4.69) is 37.3 Å². The lowest BCUT2D eigenvalue weighted by atomic mass is 10.2. The highest BCUT2D eigenvalue weighted by Crippen LogP contribution is 2.32. The van der Waals surface area contributed by atoms with Crippen LogP contribution in [-0.2, 0) is 11.9 Å². The molecule has 3 rings (SSSR count). The van der Waals surface area contributed by atoms with Gasteiger partial charge in [-0.3, -0.25) is 10.2 Å². The molecule has 8 nitrogen and oxygen atoms in total. The van der Waals surface area contributed by atoms with Gasteiger partial charge in [0.1, 0.15) is 11.5 Å². The highest BCUT2D eigenvalue weighted by molar-refractivity contribution is 9.10. The molecule has 10 heteroatoms. The third kappa shape index (κ3) is 4.23. The number of pyridine rings is 1. The molecule has 4 N–H and O–H groups in total. The smallest absolute Gasteiger partial charge is 0.255 e. The summed E-state index contributed by atoms with van der Waals surface area (Å²) in [5.74, 6) is 0.0887. The summed E-state index contributed by atoms with van der Waals surface area (Å²) in [6, 6.07) is 4.67. The molecule has 0 unspecified atom stereocenters. The van der Waals surface area contributed by atoms with E-state index in [4.69, 9.17) is 4.84 Å². The zero-order valence-electron chi connectivity index (χ0n) is 15.8. The number of aryl methyl sites for hydroxylation is 1. The van der Waals surface area contributed by atoms with Crippen LogP contribution in [0.15, 0.2) is 45.7 Å². The molecule has 1 aliphatic heterocycles. The fourth-order valence-corrected chi connectivity index (χ4v) is 3.02. The Hall–Kier alpha value is -2.72. The summed E-state index contributed by atoms with van der Waals surface area (Å²) in [7, 11) is 3.51. The van der Waals surface area contributed by atoms with Gasteiger partial charge in [0.2, 0.25) is 5.88 Å². The summed E-state index contributed by atoms with van der Waals surface area (Å²) in [6.45, 7) is 3.13. The van der Waals surface area contributed by atoms with Crippen LogP contribution in [-0.4, -0.2) is 24.7 Å². The number of likely N-dealkylation sites (N-methyl/N-ethyl adjacent to an activating group) is 1. The molecule has 0 amide bonds. The summed E-state index contributed by atoms with van der Waals surface area (Å²) in [5.41, 5.74) is 4.45. The Morgan fingerprint density at radius 3 is 2.82 bits per heavy atom. The number of hydrogen-bond donors (Lipinski definition) is 4. The van der Waals surface area contributed by atoms with E-state index in [0.717, 1.165) is 6.54 Å². The normalized spacial score (nSPS) is 13.0. The van der Waals surface area contributed by atoms with Crippen molar-refractivity contribution in [1.29, 1.82) is 0 Å². The van der Waals surface area contributed by atoms with Crippen LogP contribution in [0.1, 0.15) is 5.56 Å². The summed E-state index contributed by atoms with van der Waals surface area (Å²) < 4.78 is 16.4. The second kappa shape index (κ2) is 8.53. The van der Waals surface area contributed by atoms with Crippen molar-refractivity contribution in [1.82, 2.24) is 20.6 Å². The lowest BCUT2D eigenvalue weighted by molar-refractivity contribution is 0.174. The van der Waals surface area contributed by atoms with E-state index in [-0.39, 0.29) is 11.2 Å². The Balaban J connectivity index is 1.90. The van der Waals surface area contributed by atoms with Crippen molar-refractivity contribution in [3.05, 3.63) is 62.7 Å². The van der Waals surface area contributed by atoms with Crippen LogP contribution in [0.25, 0.3) is 0 Å². The molecule has 0 fully saturated rings. The van der Waals surface area contributed by atoms with E-state index in [0.29, 0.717) is 33.8 Å². The average Bonchev–Trinajstić information content (AvgIpc) is 3.12. The van der Waals surface area contributed by atoms with Crippen molar-refractivity contribution in [3.63, 3.8) is 0 Å². The number of aromatic nitrogens is 1. The summed E-state index contributed by atoms with van der Waals surface area (Å²) in [5, 5.41) is 10.6. The van der Waals surface area contributed by atoms with Gasteiger partial charge >= 0.3 is 0 Å². The van der Waals surface area contributed by atoms with Gasteiger partial charge in [0.25, 0.3) is 5.56 Å². The van der Waals surface area contributed by atoms with Crippen LogP contribution in [0.3, 0.4) is 0 Å². The van der Waals surface area contributed by atoms with Crippen LogP contribution in [0, 0.1) is 12.7 Å². The van der Waals surface area contributed by atoms with Gasteiger partial charge in [0.05, 0.1) is 17.6 Å². The van der Waals surface area contributed by atoms with Crippen LogP contribution < -0.4 is 32.1 Å². The minimum absolute atomic E-state index is 0.191. The topological polar surface area (TPSA) is 82.6 Å². The lowest BCUT2D eigenvalue weighted by Crippen LogP contribution is -2.33. The van der Waals surface area contributed by atoms with Crippen molar-refractivity contribution in [2.24, 2.45) is 7.05 Å². The van der Waals surface area contributed by atoms with Gasteiger partial charge in [-0.2, -0.15) is 0 Å². The Morgan fingerprint density at radius 2 is 2.11 bits per heavy atom. The number of hydrogen-bond acceptors (Lipinski definition) is 7. The van der Waals surface area contributed by atoms with Crippen molar-refractivity contribution in [3.8, 4) is 0 Å². The van der Waals surface area contributed by atoms with Gasteiger partial charge in [-0.25, -0.2) is 4.39 Å². The predicted octanol–water partition coefficient (Wildman–Crippen LogP) is 2.20. The fraction of sp³-hybridized carbons (Fsp3) is 0.278. The third-order valence-corrected chi connectivity index (χ3v) is 4.67. The number of anilines is 3. The largest absolute Gasteiger partial charge is 0.352 e. The number of hydrazine groups is 1. The maximum Gasteiger partial charge on any atom is 0.255 e. The molecule has 0 saturated carbocycles. The number of benzene rings is 1. The van der Waals surface area contributed by atoms with E-state index in [9.17, 15) is 9.18 Å². The molecule has 0 radical (unpaired) electrons. The molecule has 1 aliphatic rings. The molecule has 0 bridgehead atoms. The second-order valence-corrected chi connectivity index (χ2v) is 7.15. The van der Waals surface area contributed by atoms with E-state index in [1.165, 1.54) is 15.8 Å². The van der Waals surface area contributed by atoms with E-state index in [1.807, 2.05) is 7.05 Å². The van der Waals surface area contributed by atoms with Crippen molar-refractivity contribution in [2.45, 2.75) is 6.92 Å². The maximum atomic E-state index is 14.3. The number of nitrogens with one attached hydrogen (secondary N) is 4.